The second kappa shape index (κ2) is 10.7. The van der Waals surface area contributed by atoms with Gasteiger partial charge >= 0.3 is 5.97 Å². The van der Waals surface area contributed by atoms with Gasteiger partial charge < -0.3 is 15.2 Å². The highest BCUT2D eigenvalue weighted by Crippen LogP contribution is 2.42. The number of aryl methyl sites for hydroxylation is 2. The molecule has 1 aliphatic heterocycles. The molecule has 1 atom stereocenters. The first-order valence-electron chi connectivity index (χ1n) is 10.1. The summed E-state index contributed by atoms with van der Waals surface area (Å²) in [6.07, 6.45) is 0. The largest absolute Gasteiger partial charge is 0.463 e. The number of allylic oxidation sites excluding steroid dienone is 1. The first-order valence-corrected chi connectivity index (χ1v) is 12.1. The number of halogens is 1. The van der Waals surface area contributed by atoms with Crippen LogP contribution in [0.1, 0.15) is 35.2 Å². The SMILES string of the molecule is CCOC(=O)C1=C(CSc2nc(C)cc(C)c2C#N)OC(N)=C(C#N)[C@@H]1c1ccccc1I. The Morgan fingerprint density at radius 1 is 1.30 bits per heavy atom. The molecule has 0 aliphatic carbocycles. The Morgan fingerprint density at radius 2 is 2.03 bits per heavy atom. The quantitative estimate of drug-likeness (QED) is 0.303. The minimum atomic E-state index is -0.728. The van der Waals surface area contributed by atoms with Crippen LogP contribution in [0.3, 0.4) is 0 Å². The van der Waals surface area contributed by atoms with E-state index >= 15 is 0 Å². The number of aromatic nitrogens is 1. The summed E-state index contributed by atoms with van der Waals surface area (Å²) in [5.41, 5.74) is 9.33. The minimum Gasteiger partial charge on any atom is -0.463 e. The van der Waals surface area contributed by atoms with Crippen LogP contribution < -0.4 is 5.73 Å². The van der Waals surface area contributed by atoms with E-state index in [1.54, 1.807) is 6.92 Å². The second-order valence-electron chi connectivity index (χ2n) is 7.16. The van der Waals surface area contributed by atoms with Crippen LogP contribution in [0.5, 0.6) is 0 Å². The van der Waals surface area contributed by atoms with E-state index in [1.165, 1.54) is 11.8 Å². The Kier molecular flexibility index (Phi) is 8.01. The van der Waals surface area contributed by atoms with E-state index in [-0.39, 0.29) is 35.1 Å². The lowest BCUT2D eigenvalue weighted by Crippen LogP contribution is -2.27. The van der Waals surface area contributed by atoms with E-state index in [2.05, 4.69) is 39.7 Å². The zero-order valence-electron chi connectivity index (χ0n) is 18.3. The fourth-order valence-corrected chi connectivity index (χ4v) is 5.30. The van der Waals surface area contributed by atoms with Gasteiger partial charge in [-0.05, 0) is 66.6 Å². The summed E-state index contributed by atoms with van der Waals surface area (Å²) in [5, 5.41) is 20.0. The number of carbonyl (C=O) groups is 1. The third-order valence-corrected chi connectivity index (χ3v) is 6.93. The number of esters is 1. The van der Waals surface area contributed by atoms with Crippen LogP contribution >= 0.6 is 34.4 Å². The molecule has 0 saturated heterocycles. The van der Waals surface area contributed by atoms with Gasteiger partial charge in [-0.25, -0.2) is 9.78 Å². The lowest BCUT2D eigenvalue weighted by molar-refractivity contribution is -0.139. The average molecular weight is 572 g/mol. The first-order chi connectivity index (χ1) is 15.8. The van der Waals surface area contributed by atoms with Gasteiger partial charge in [0.15, 0.2) is 0 Å². The van der Waals surface area contributed by atoms with Crippen LogP contribution in [0.25, 0.3) is 0 Å². The third kappa shape index (κ3) is 5.15. The monoisotopic (exact) mass is 572 g/mol. The van der Waals surface area contributed by atoms with Crippen LogP contribution in [-0.2, 0) is 14.3 Å². The molecule has 1 aliphatic rings. The van der Waals surface area contributed by atoms with Gasteiger partial charge in [-0.2, -0.15) is 10.5 Å². The molecule has 0 amide bonds. The van der Waals surface area contributed by atoms with Crippen molar-refractivity contribution in [2.75, 3.05) is 12.4 Å². The Bertz CT molecular complexity index is 1260. The molecule has 2 aromatic rings. The number of carbonyl (C=O) groups excluding carboxylic acids is 1. The summed E-state index contributed by atoms with van der Waals surface area (Å²) in [6, 6.07) is 13.6. The van der Waals surface area contributed by atoms with E-state index in [0.29, 0.717) is 10.6 Å². The number of hydrogen-bond acceptors (Lipinski definition) is 8. The van der Waals surface area contributed by atoms with Crippen LogP contribution in [-0.4, -0.2) is 23.3 Å². The zero-order valence-corrected chi connectivity index (χ0v) is 21.3. The van der Waals surface area contributed by atoms with Crippen molar-refractivity contribution < 1.29 is 14.3 Å². The predicted molar refractivity (Wildman–Crippen MR) is 133 cm³/mol. The summed E-state index contributed by atoms with van der Waals surface area (Å²) in [5.74, 6) is -0.900. The molecule has 1 aromatic heterocycles. The van der Waals surface area contributed by atoms with Gasteiger partial charge in [-0.3, -0.25) is 0 Å². The van der Waals surface area contributed by atoms with E-state index in [0.717, 1.165) is 20.4 Å². The van der Waals surface area contributed by atoms with Gasteiger partial charge in [0.05, 0.1) is 29.4 Å². The highest BCUT2D eigenvalue weighted by molar-refractivity contribution is 14.1. The topological polar surface area (TPSA) is 122 Å². The second-order valence-corrected chi connectivity index (χ2v) is 9.29. The molecule has 9 heteroatoms. The molecule has 0 radical (unpaired) electrons. The van der Waals surface area contributed by atoms with Crippen LogP contribution in [0.2, 0.25) is 0 Å². The van der Waals surface area contributed by atoms with Crippen molar-refractivity contribution in [2.45, 2.75) is 31.7 Å². The maximum Gasteiger partial charge on any atom is 0.338 e. The number of thioether (sulfide) groups is 1. The van der Waals surface area contributed by atoms with Gasteiger partial charge in [-0.1, -0.05) is 30.0 Å². The lowest BCUT2D eigenvalue weighted by Gasteiger charge is -2.28. The smallest absolute Gasteiger partial charge is 0.338 e. The van der Waals surface area contributed by atoms with Crippen LogP contribution in [0.15, 0.2) is 58.1 Å². The fraction of sp³-hybridized carbons (Fsp3) is 0.250. The molecule has 3 rings (SSSR count). The summed E-state index contributed by atoms with van der Waals surface area (Å²) in [6.45, 7) is 5.59. The molecule has 0 unspecified atom stereocenters. The van der Waals surface area contributed by atoms with Crippen molar-refractivity contribution in [1.29, 1.82) is 10.5 Å². The van der Waals surface area contributed by atoms with Crippen molar-refractivity contribution in [1.82, 2.24) is 4.98 Å². The molecule has 33 heavy (non-hydrogen) atoms. The standard InChI is InChI=1S/C24H21IN4O3S/c1-4-31-24(30)21-19(12-33-23-16(10-26)13(2)9-14(3)29-23)32-22(28)17(11-27)20(21)15-7-5-6-8-18(15)25/h5-9,20H,4,12,28H2,1-3H3/t20-/m0/s1. The van der Waals surface area contributed by atoms with Crippen molar-refractivity contribution in [3.8, 4) is 12.1 Å². The molecule has 2 N–H and O–H groups in total. The molecule has 7 nitrogen and oxygen atoms in total. The summed E-state index contributed by atoms with van der Waals surface area (Å²) in [4.78, 5) is 17.6. The normalized spacial score (nSPS) is 15.5. The first kappa shape index (κ1) is 24.6. The van der Waals surface area contributed by atoms with E-state index in [9.17, 15) is 15.3 Å². The maximum absolute atomic E-state index is 13.1. The number of pyridine rings is 1. The van der Waals surface area contributed by atoms with Gasteiger partial charge in [0.1, 0.15) is 28.5 Å². The Morgan fingerprint density at radius 3 is 2.67 bits per heavy atom. The van der Waals surface area contributed by atoms with Crippen molar-refractivity contribution in [3.63, 3.8) is 0 Å². The average Bonchev–Trinajstić information content (AvgIpc) is 2.77. The number of nitriles is 2. The van der Waals surface area contributed by atoms with Crippen molar-refractivity contribution in [3.05, 3.63) is 79.1 Å². The molecular formula is C24H21IN4O3S. The molecule has 0 fully saturated rings. The minimum absolute atomic E-state index is 0.0558. The Hall–Kier alpha value is -3.02. The Labute approximate surface area is 210 Å². The van der Waals surface area contributed by atoms with Gasteiger partial charge in [-0.15, -0.1) is 0 Å². The summed E-state index contributed by atoms with van der Waals surface area (Å²) < 4.78 is 12.0. The van der Waals surface area contributed by atoms with E-state index in [4.69, 9.17) is 15.2 Å². The zero-order chi connectivity index (χ0) is 24.1. The highest BCUT2D eigenvalue weighted by Gasteiger charge is 2.38. The molecular weight excluding hydrogens is 551 g/mol. The van der Waals surface area contributed by atoms with Crippen LogP contribution in [0, 0.1) is 40.1 Å². The summed E-state index contributed by atoms with van der Waals surface area (Å²) in [7, 11) is 0. The van der Waals surface area contributed by atoms with Crippen molar-refractivity contribution in [2.24, 2.45) is 5.73 Å². The Balaban J connectivity index is 2.14. The van der Waals surface area contributed by atoms with E-state index < -0.39 is 11.9 Å². The predicted octanol–water partition coefficient (Wildman–Crippen LogP) is 4.59. The summed E-state index contributed by atoms with van der Waals surface area (Å²) >= 11 is 3.44. The van der Waals surface area contributed by atoms with Gasteiger partial charge in [0, 0.05) is 9.26 Å². The van der Waals surface area contributed by atoms with Crippen molar-refractivity contribution >= 4 is 40.3 Å². The van der Waals surface area contributed by atoms with E-state index in [1.807, 2.05) is 44.2 Å². The number of nitrogens with two attached hydrogens (primary N) is 1. The molecule has 168 valence electrons. The van der Waals surface area contributed by atoms with Crippen LogP contribution in [0.4, 0.5) is 0 Å². The number of benzene rings is 1. The number of hydrogen-bond donors (Lipinski definition) is 1. The van der Waals surface area contributed by atoms with Gasteiger partial charge in [0.25, 0.3) is 0 Å². The molecule has 1 aromatic carbocycles. The number of ether oxygens (including phenoxy) is 2. The lowest BCUT2D eigenvalue weighted by atomic mass is 9.83. The highest BCUT2D eigenvalue weighted by atomic mass is 127. The fourth-order valence-electron chi connectivity index (χ4n) is 3.55. The number of nitrogens with zero attached hydrogens (tertiary/aromatic N) is 3. The molecule has 0 bridgehead atoms. The number of rotatable bonds is 6. The van der Waals surface area contributed by atoms with Gasteiger partial charge in [0.2, 0.25) is 5.88 Å². The molecule has 0 saturated carbocycles. The maximum atomic E-state index is 13.1. The molecule has 0 spiro atoms. The third-order valence-electron chi connectivity index (χ3n) is 4.97. The molecule has 2 heterocycles.